The van der Waals surface area contributed by atoms with Crippen LogP contribution in [0.2, 0.25) is 0 Å². The molecule has 4 aliphatic rings. The number of benzene rings is 1. The lowest BCUT2D eigenvalue weighted by atomic mass is 9.51. The molecule has 3 heteroatoms. The molecule has 21 heavy (non-hydrogen) atoms. The van der Waals surface area contributed by atoms with Crippen molar-refractivity contribution in [3.63, 3.8) is 0 Å². The number of anilines is 1. The molecule has 1 N–H and O–H groups in total. The van der Waals surface area contributed by atoms with E-state index in [4.69, 9.17) is 0 Å². The summed E-state index contributed by atoms with van der Waals surface area (Å²) in [7, 11) is 0. The lowest BCUT2D eigenvalue weighted by molar-refractivity contribution is -0.132. The Morgan fingerprint density at radius 1 is 0.952 bits per heavy atom. The molecule has 0 saturated heterocycles. The highest BCUT2D eigenvalue weighted by molar-refractivity contribution is 5.93. The molecule has 3 nitrogen and oxygen atoms in total. The van der Waals surface area contributed by atoms with Gasteiger partial charge in [-0.15, -0.1) is 0 Å². The highest BCUT2D eigenvalue weighted by Crippen LogP contribution is 2.56. The van der Waals surface area contributed by atoms with Crippen LogP contribution in [0.25, 0.3) is 0 Å². The second kappa shape index (κ2) is 4.97. The highest BCUT2D eigenvalue weighted by Gasteiger charge is 2.50. The molecule has 0 spiro atoms. The fourth-order valence-electron chi connectivity index (χ4n) is 5.22. The predicted octanol–water partition coefficient (Wildman–Crippen LogP) is 3.51. The second-order valence-corrected chi connectivity index (χ2v) is 7.19. The number of hydrogen-bond acceptors (Lipinski definition) is 2. The van der Waals surface area contributed by atoms with E-state index in [1.54, 1.807) is 12.1 Å². The summed E-state index contributed by atoms with van der Waals surface area (Å²) in [5.74, 6) is 3.41. The van der Waals surface area contributed by atoms with Gasteiger partial charge in [-0.05, 0) is 80.0 Å². The number of carbonyl (C=O) groups excluding carboxylic acids is 2. The topological polar surface area (TPSA) is 46.2 Å². The molecule has 0 aliphatic heterocycles. The average molecular weight is 283 g/mol. The van der Waals surface area contributed by atoms with Gasteiger partial charge in [0.2, 0.25) is 5.91 Å². The largest absolute Gasteiger partial charge is 0.326 e. The van der Waals surface area contributed by atoms with E-state index in [1.165, 1.54) is 32.1 Å². The minimum Gasteiger partial charge on any atom is -0.326 e. The minimum absolute atomic E-state index is 0.197. The summed E-state index contributed by atoms with van der Waals surface area (Å²) < 4.78 is 0. The van der Waals surface area contributed by atoms with Crippen LogP contribution in [-0.4, -0.2) is 12.2 Å². The van der Waals surface area contributed by atoms with E-state index in [-0.39, 0.29) is 11.8 Å². The third-order valence-corrected chi connectivity index (χ3v) is 5.84. The SMILES string of the molecule is O=Cc1ccc(NC(=O)C2C3CC4CC(C3)CC2C4)cc1. The summed E-state index contributed by atoms with van der Waals surface area (Å²) in [6.45, 7) is 0. The van der Waals surface area contributed by atoms with Crippen LogP contribution < -0.4 is 5.32 Å². The maximum absolute atomic E-state index is 12.7. The van der Waals surface area contributed by atoms with Gasteiger partial charge in [0.15, 0.2) is 0 Å². The van der Waals surface area contributed by atoms with Crippen LogP contribution in [0, 0.1) is 29.6 Å². The molecular formula is C18H21NO2. The maximum Gasteiger partial charge on any atom is 0.228 e. The second-order valence-electron chi connectivity index (χ2n) is 7.19. The molecule has 4 bridgehead atoms. The normalized spacial score (nSPS) is 36.5. The molecule has 1 aromatic rings. The standard InChI is InChI=1S/C18H21NO2/c20-10-11-1-3-16(4-2-11)19-18(21)17-14-6-12-5-13(8-14)9-15(17)7-12/h1-4,10,12-15,17H,5-9H2,(H,19,21). The van der Waals surface area contributed by atoms with Gasteiger partial charge in [-0.1, -0.05) is 0 Å². The van der Waals surface area contributed by atoms with Crippen molar-refractivity contribution in [2.75, 3.05) is 5.32 Å². The zero-order valence-electron chi connectivity index (χ0n) is 12.1. The molecule has 1 amide bonds. The van der Waals surface area contributed by atoms with Gasteiger partial charge in [0, 0.05) is 17.2 Å². The summed E-state index contributed by atoms with van der Waals surface area (Å²) >= 11 is 0. The molecule has 0 unspecified atom stereocenters. The van der Waals surface area contributed by atoms with Gasteiger partial charge in [-0.3, -0.25) is 9.59 Å². The Morgan fingerprint density at radius 3 is 2.05 bits per heavy atom. The zero-order valence-corrected chi connectivity index (χ0v) is 12.1. The predicted molar refractivity (Wildman–Crippen MR) is 81.0 cm³/mol. The Kier molecular flexibility index (Phi) is 3.09. The van der Waals surface area contributed by atoms with Gasteiger partial charge in [-0.2, -0.15) is 0 Å². The monoisotopic (exact) mass is 283 g/mol. The van der Waals surface area contributed by atoms with Crippen LogP contribution in [0.3, 0.4) is 0 Å². The van der Waals surface area contributed by atoms with E-state index in [0.717, 1.165) is 23.8 Å². The summed E-state index contributed by atoms with van der Waals surface area (Å²) in [4.78, 5) is 23.3. The van der Waals surface area contributed by atoms with Crippen LogP contribution in [0.4, 0.5) is 5.69 Å². The van der Waals surface area contributed by atoms with Gasteiger partial charge < -0.3 is 5.32 Å². The van der Waals surface area contributed by atoms with Crippen LogP contribution in [0.5, 0.6) is 0 Å². The maximum atomic E-state index is 12.7. The minimum atomic E-state index is 0.197. The lowest BCUT2D eigenvalue weighted by Crippen LogP contribution is -2.49. The average Bonchev–Trinajstić information content (AvgIpc) is 2.47. The van der Waals surface area contributed by atoms with E-state index in [0.29, 0.717) is 17.4 Å². The number of aldehydes is 1. The van der Waals surface area contributed by atoms with E-state index >= 15 is 0 Å². The lowest BCUT2D eigenvalue weighted by Gasteiger charge is -2.53. The Hall–Kier alpha value is -1.64. The molecule has 4 fully saturated rings. The molecule has 1 aromatic carbocycles. The molecule has 5 rings (SSSR count). The van der Waals surface area contributed by atoms with Crippen molar-refractivity contribution in [3.8, 4) is 0 Å². The van der Waals surface area contributed by atoms with Crippen LogP contribution in [0.15, 0.2) is 24.3 Å². The number of amides is 1. The number of rotatable bonds is 3. The van der Waals surface area contributed by atoms with Crippen LogP contribution >= 0.6 is 0 Å². The van der Waals surface area contributed by atoms with E-state index in [1.807, 2.05) is 12.1 Å². The third kappa shape index (κ3) is 2.29. The van der Waals surface area contributed by atoms with E-state index < -0.39 is 0 Å². The Labute approximate surface area is 125 Å². The fraction of sp³-hybridized carbons (Fsp3) is 0.556. The number of hydrogen-bond donors (Lipinski definition) is 1. The highest BCUT2D eigenvalue weighted by atomic mass is 16.2. The van der Waals surface area contributed by atoms with Crippen molar-refractivity contribution < 1.29 is 9.59 Å². The Bertz CT molecular complexity index is 535. The third-order valence-electron chi connectivity index (χ3n) is 5.84. The van der Waals surface area contributed by atoms with Crippen molar-refractivity contribution in [2.45, 2.75) is 32.1 Å². The zero-order chi connectivity index (χ0) is 14.4. The van der Waals surface area contributed by atoms with Crippen LogP contribution in [0.1, 0.15) is 42.5 Å². The van der Waals surface area contributed by atoms with Gasteiger partial charge in [0.25, 0.3) is 0 Å². The van der Waals surface area contributed by atoms with Gasteiger partial charge in [0.1, 0.15) is 6.29 Å². The van der Waals surface area contributed by atoms with Gasteiger partial charge in [-0.25, -0.2) is 0 Å². The van der Waals surface area contributed by atoms with Gasteiger partial charge >= 0.3 is 0 Å². The molecule has 0 heterocycles. The fourth-order valence-corrected chi connectivity index (χ4v) is 5.22. The summed E-state index contributed by atoms with van der Waals surface area (Å²) in [6, 6.07) is 7.13. The van der Waals surface area contributed by atoms with Gasteiger partial charge in [0.05, 0.1) is 0 Å². The molecule has 0 aromatic heterocycles. The molecule has 0 atom stereocenters. The molecule has 0 radical (unpaired) electrons. The smallest absolute Gasteiger partial charge is 0.228 e. The van der Waals surface area contributed by atoms with Crippen molar-refractivity contribution in [2.24, 2.45) is 29.6 Å². The van der Waals surface area contributed by atoms with E-state index in [9.17, 15) is 9.59 Å². The number of nitrogens with one attached hydrogen (secondary N) is 1. The Balaban J connectivity index is 1.48. The number of carbonyl (C=O) groups is 2. The quantitative estimate of drug-likeness (QED) is 0.863. The first kappa shape index (κ1) is 13.1. The molecule has 4 saturated carbocycles. The molecular weight excluding hydrogens is 262 g/mol. The summed E-state index contributed by atoms with van der Waals surface area (Å²) in [5, 5.41) is 3.07. The molecule has 4 aliphatic carbocycles. The Morgan fingerprint density at radius 2 is 1.52 bits per heavy atom. The van der Waals surface area contributed by atoms with Crippen LogP contribution in [-0.2, 0) is 4.79 Å². The van der Waals surface area contributed by atoms with Crippen molar-refractivity contribution in [3.05, 3.63) is 29.8 Å². The first-order valence-electron chi connectivity index (χ1n) is 8.09. The first-order chi connectivity index (χ1) is 10.2. The summed E-state index contributed by atoms with van der Waals surface area (Å²) in [5.41, 5.74) is 1.45. The summed E-state index contributed by atoms with van der Waals surface area (Å²) in [6.07, 6.45) is 7.27. The van der Waals surface area contributed by atoms with Crippen molar-refractivity contribution in [1.29, 1.82) is 0 Å². The van der Waals surface area contributed by atoms with E-state index in [2.05, 4.69) is 5.32 Å². The van der Waals surface area contributed by atoms with Crippen molar-refractivity contribution in [1.82, 2.24) is 0 Å². The molecule has 110 valence electrons. The first-order valence-corrected chi connectivity index (χ1v) is 8.09. The van der Waals surface area contributed by atoms with Crippen molar-refractivity contribution >= 4 is 17.9 Å².